The number of imidazole rings is 1. The maximum absolute atomic E-state index is 11.0. The molecule has 21 heavy (non-hydrogen) atoms. The summed E-state index contributed by atoms with van der Waals surface area (Å²) in [5.74, 6) is 0.399. The SMILES string of the molecule is NC(=O)/C(N)=C/C1CCCN(c2ncnc3[nH]cnc23)C1. The Morgan fingerprint density at radius 2 is 2.24 bits per heavy atom. The third-order valence-electron chi connectivity index (χ3n) is 3.66. The van der Waals surface area contributed by atoms with Gasteiger partial charge in [0.05, 0.1) is 12.0 Å². The Hall–Kier alpha value is -2.64. The number of hydrogen-bond acceptors (Lipinski definition) is 6. The number of nitrogens with one attached hydrogen (secondary N) is 1. The lowest BCUT2D eigenvalue weighted by Crippen LogP contribution is -2.36. The molecule has 8 heteroatoms. The van der Waals surface area contributed by atoms with Crippen LogP contribution in [0.3, 0.4) is 0 Å². The number of aromatic amines is 1. The predicted octanol–water partition coefficient (Wildman–Crippen LogP) is -0.103. The van der Waals surface area contributed by atoms with E-state index in [9.17, 15) is 4.79 Å². The van der Waals surface area contributed by atoms with Gasteiger partial charge in [-0.25, -0.2) is 15.0 Å². The van der Waals surface area contributed by atoms with Gasteiger partial charge in [-0.05, 0) is 18.8 Å². The fraction of sp³-hybridized carbons (Fsp3) is 0.385. The molecule has 0 radical (unpaired) electrons. The van der Waals surface area contributed by atoms with E-state index in [0.717, 1.165) is 37.3 Å². The molecule has 2 aromatic rings. The summed E-state index contributed by atoms with van der Waals surface area (Å²) in [5, 5.41) is 0. The maximum Gasteiger partial charge on any atom is 0.264 e. The fourth-order valence-corrected chi connectivity index (χ4v) is 2.66. The molecule has 1 aliphatic rings. The zero-order valence-corrected chi connectivity index (χ0v) is 11.5. The van der Waals surface area contributed by atoms with Crippen LogP contribution in [0, 0.1) is 5.92 Å². The predicted molar refractivity (Wildman–Crippen MR) is 78.1 cm³/mol. The summed E-state index contributed by atoms with van der Waals surface area (Å²) < 4.78 is 0. The number of nitrogens with two attached hydrogens (primary N) is 2. The van der Waals surface area contributed by atoms with Crippen LogP contribution in [0.1, 0.15) is 12.8 Å². The van der Waals surface area contributed by atoms with E-state index in [-0.39, 0.29) is 11.6 Å². The second-order valence-electron chi connectivity index (χ2n) is 5.13. The van der Waals surface area contributed by atoms with E-state index in [2.05, 4.69) is 24.8 Å². The van der Waals surface area contributed by atoms with Gasteiger partial charge in [-0.15, -0.1) is 0 Å². The van der Waals surface area contributed by atoms with Gasteiger partial charge in [-0.2, -0.15) is 0 Å². The number of hydrogen-bond donors (Lipinski definition) is 3. The van der Waals surface area contributed by atoms with Crippen LogP contribution >= 0.6 is 0 Å². The van der Waals surface area contributed by atoms with Crippen molar-refractivity contribution >= 4 is 22.9 Å². The number of primary amides is 1. The Labute approximate surface area is 121 Å². The van der Waals surface area contributed by atoms with Crippen molar-refractivity contribution in [2.75, 3.05) is 18.0 Å². The molecule has 1 atom stereocenters. The van der Waals surface area contributed by atoms with E-state index < -0.39 is 5.91 Å². The summed E-state index contributed by atoms with van der Waals surface area (Å²) in [6, 6.07) is 0. The highest BCUT2D eigenvalue weighted by atomic mass is 16.1. The zero-order valence-electron chi connectivity index (χ0n) is 11.5. The zero-order chi connectivity index (χ0) is 14.8. The van der Waals surface area contributed by atoms with Gasteiger partial charge in [0.15, 0.2) is 11.5 Å². The van der Waals surface area contributed by atoms with Crippen LogP contribution in [0.5, 0.6) is 0 Å². The lowest BCUT2D eigenvalue weighted by atomic mass is 9.96. The van der Waals surface area contributed by atoms with Gasteiger partial charge in [-0.3, -0.25) is 4.79 Å². The third-order valence-corrected chi connectivity index (χ3v) is 3.66. The van der Waals surface area contributed by atoms with E-state index in [1.165, 1.54) is 6.33 Å². The van der Waals surface area contributed by atoms with Crippen LogP contribution in [0.25, 0.3) is 11.2 Å². The molecule has 5 N–H and O–H groups in total. The van der Waals surface area contributed by atoms with Crippen molar-refractivity contribution in [3.8, 4) is 0 Å². The highest BCUT2D eigenvalue weighted by Gasteiger charge is 2.22. The fourth-order valence-electron chi connectivity index (χ4n) is 2.66. The second kappa shape index (κ2) is 5.39. The number of anilines is 1. The van der Waals surface area contributed by atoms with E-state index in [4.69, 9.17) is 11.5 Å². The van der Waals surface area contributed by atoms with Gasteiger partial charge in [0.2, 0.25) is 0 Å². The maximum atomic E-state index is 11.0. The molecular weight excluding hydrogens is 270 g/mol. The molecule has 0 aromatic carbocycles. The van der Waals surface area contributed by atoms with Crippen molar-refractivity contribution in [3.05, 3.63) is 24.4 Å². The molecule has 0 spiro atoms. The van der Waals surface area contributed by atoms with Crippen molar-refractivity contribution in [2.24, 2.45) is 17.4 Å². The number of carbonyl (C=O) groups is 1. The molecule has 0 bridgehead atoms. The molecular formula is C13H17N7O. The Balaban J connectivity index is 1.85. The summed E-state index contributed by atoms with van der Waals surface area (Å²) in [7, 11) is 0. The minimum atomic E-state index is -0.580. The molecule has 1 amide bonds. The third kappa shape index (κ3) is 2.64. The molecule has 1 saturated heterocycles. The Morgan fingerprint density at radius 1 is 1.38 bits per heavy atom. The van der Waals surface area contributed by atoms with E-state index >= 15 is 0 Å². The lowest BCUT2D eigenvalue weighted by molar-refractivity contribution is -0.114. The van der Waals surface area contributed by atoms with Gasteiger partial charge >= 0.3 is 0 Å². The summed E-state index contributed by atoms with van der Waals surface area (Å²) >= 11 is 0. The number of piperidine rings is 1. The van der Waals surface area contributed by atoms with Crippen LogP contribution in [0.2, 0.25) is 0 Å². The quantitative estimate of drug-likeness (QED) is 0.676. The topological polar surface area (TPSA) is 127 Å². The number of fused-ring (bicyclic) bond motifs is 1. The average Bonchev–Trinajstić information content (AvgIpc) is 2.95. The van der Waals surface area contributed by atoms with Crippen LogP contribution in [0.15, 0.2) is 24.4 Å². The van der Waals surface area contributed by atoms with Crippen molar-refractivity contribution in [2.45, 2.75) is 12.8 Å². The molecule has 1 aliphatic heterocycles. The molecule has 2 aromatic heterocycles. The molecule has 0 aliphatic carbocycles. The van der Waals surface area contributed by atoms with Crippen LogP contribution in [-0.2, 0) is 4.79 Å². The molecule has 1 fully saturated rings. The van der Waals surface area contributed by atoms with Crippen LogP contribution in [0.4, 0.5) is 5.82 Å². The minimum Gasteiger partial charge on any atom is -0.395 e. The van der Waals surface area contributed by atoms with E-state index in [0.29, 0.717) is 5.65 Å². The van der Waals surface area contributed by atoms with E-state index in [1.807, 2.05) is 0 Å². The number of nitrogens with zero attached hydrogens (tertiary/aromatic N) is 4. The number of aromatic nitrogens is 4. The van der Waals surface area contributed by atoms with E-state index in [1.54, 1.807) is 12.4 Å². The smallest absolute Gasteiger partial charge is 0.264 e. The first-order chi connectivity index (χ1) is 10.1. The van der Waals surface area contributed by atoms with Gasteiger partial charge < -0.3 is 21.4 Å². The van der Waals surface area contributed by atoms with Gasteiger partial charge in [0, 0.05) is 13.1 Å². The van der Waals surface area contributed by atoms with Crippen molar-refractivity contribution in [3.63, 3.8) is 0 Å². The molecule has 3 rings (SSSR count). The van der Waals surface area contributed by atoms with Gasteiger partial charge in [0.1, 0.15) is 11.8 Å². The van der Waals surface area contributed by atoms with Gasteiger partial charge in [-0.1, -0.05) is 6.08 Å². The van der Waals surface area contributed by atoms with Crippen molar-refractivity contribution in [1.29, 1.82) is 0 Å². The van der Waals surface area contributed by atoms with Crippen LogP contribution < -0.4 is 16.4 Å². The Kier molecular flexibility index (Phi) is 3.43. The normalized spacial score (nSPS) is 19.9. The largest absolute Gasteiger partial charge is 0.395 e. The summed E-state index contributed by atoms with van der Waals surface area (Å²) in [4.78, 5) is 28.9. The monoisotopic (exact) mass is 287 g/mol. The van der Waals surface area contributed by atoms with Gasteiger partial charge in [0.25, 0.3) is 5.91 Å². The molecule has 8 nitrogen and oxygen atoms in total. The molecule has 3 heterocycles. The standard InChI is InChI=1S/C13H17N7O/c14-9(11(15)21)4-8-2-1-3-20(5-8)13-10-12(17-6-16-10)18-7-19-13/h4,6-8H,1-3,5,14H2,(H2,15,21)(H,16,17,18,19)/b9-4-. The number of rotatable bonds is 3. The Morgan fingerprint density at radius 3 is 3.05 bits per heavy atom. The summed E-state index contributed by atoms with van der Waals surface area (Å²) in [5.41, 5.74) is 12.4. The summed E-state index contributed by atoms with van der Waals surface area (Å²) in [6.07, 6.45) is 6.84. The molecule has 0 saturated carbocycles. The number of amides is 1. The lowest BCUT2D eigenvalue weighted by Gasteiger charge is -2.32. The highest BCUT2D eigenvalue weighted by molar-refractivity contribution is 5.90. The van der Waals surface area contributed by atoms with Crippen molar-refractivity contribution < 1.29 is 4.79 Å². The average molecular weight is 287 g/mol. The highest BCUT2D eigenvalue weighted by Crippen LogP contribution is 2.26. The number of carbonyl (C=O) groups excluding carboxylic acids is 1. The number of H-pyrrole nitrogens is 1. The first kappa shape index (κ1) is 13.3. The first-order valence-electron chi connectivity index (χ1n) is 6.81. The van der Waals surface area contributed by atoms with Crippen molar-refractivity contribution in [1.82, 2.24) is 19.9 Å². The summed E-state index contributed by atoms with van der Waals surface area (Å²) in [6.45, 7) is 1.62. The minimum absolute atomic E-state index is 0.120. The second-order valence-corrected chi connectivity index (χ2v) is 5.13. The van der Waals surface area contributed by atoms with Crippen LogP contribution in [-0.4, -0.2) is 38.9 Å². The molecule has 110 valence electrons. The first-order valence-corrected chi connectivity index (χ1v) is 6.81. The molecule has 1 unspecified atom stereocenters. The Bertz CT molecular complexity index is 693.